The van der Waals surface area contributed by atoms with E-state index >= 15 is 0 Å². The maximum absolute atomic E-state index is 6.24. The van der Waals surface area contributed by atoms with Gasteiger partial charge in [-0.15, -0.1) is 0 Å². The predicted octanol–water partition coefficient (Wildman–Crippen LogP) is 3.51. The Hall–Kier alpha value is -1.74. The van der Waals surface area contributed by atoms with Crippen molar-refractivity contribution in [3.05, 3.63) is 36.4 Å². The first-order valence-electron chi connectivity index (χ1n) is 7.81. The highest BCUT2D eigenvalue weighted by molar-refractivity contribution is 5.85. The lowest BCUT2D eigenvalue weighted by Gasteiger charge is -2.29. The number of methoxy groups -OCH3 is 1. The Morgan fingerprint density at radius 2 is 1.57 bits per heavy atom. The number of fused-ring (bicyclic) bond motifs is 3. The minimum atomic E-state index is 0.354. The third kappa shape index (κ3) is 2.58. The van der Waals surface area contributed by atoms with E-state index in [0.29, 0.717) is 18.2 Å². The summed E-state index contributed by atoms with van der Waals surface area (Å²) in [5.74, 6) is 1.86. The van der Waals surface area contributed by atoms with Gasteiger partial charge in [0.2, 0.25) is 0 Å². The molecule has 3 heteroatoms. The van der Waals surface area contributed by atoms with Crippen molar-refractivity contribution in [3.63, 3.8) is 0 Å². The number of ether oxygens (including phenoxy) is 2. The molecule has 2 aliphatic rings. The third-order valence-corrected chi connectivity index (χ3v) is 4.75. The van der Waals surface area contributed by atoms with E-state index in [0.717, 1.165) is 24.3 Å². The van der Waals surface area contributed by atoms with E-state index in [1.165, 1.54) is 23.6 Å². The molecule has 110 valence electrons. The van der Waals surface area contributed by atoms with Crippen molar-refractivity contribution in [1.29, 1.82) is 0 Å². The number of hydrogen-bond donors (Lipinski definition) is 1. The molecule has 0 aromatic heterocycles. The predicted molar refractivity (Wildman–Crippen MR) is 84.1 cm³/mol. The van der Waals surface area contributed by atoms with Crippen LogP contribution >= 0.6 is 0 Å². The Morgan fingerprint density at radius 1 is 0.905 bits per heavy atom. The second kappa shape index (κ2) is 5.23. The van der Waals surface area contributed by atoms with Gasteiger partial charge in [0.1, 0.15) is 17.6 Å². The Labute approximate surface area is 125 Å². The summed E-state index contributed by atoms with van der Waals surface area (Å²) >= 11 is 0. The zero-order valence-electron chi connectivity index (χ0n) is 12.3. The molecule has 2 bridgehead atoms. The highest BCUT2D eigenvalue weighted by Gasteiger charge is 2.34. The minimum Gasteiger partial charge on any atom is -0.497 e. The lowest BCUT2D eigenvalue weighted by atomic mass is 10.0. The Balaban J connectivity index is 1.55. The summed E-state index contributed by atoms with van der Waals surface area (Å²) in [5, 5.41) is 6.04. The highest BCUT2D eigenvalue weighted by atomic mass is 16.5. The average molecular weight is 283 g/mol. The first-order chi connectivity index (χ1) is 10.3. The van der Waals surface area contributed by atoms with Crippen LogP contribution < -0.4 is 14.8 Å². The van der Waals surface area contributed by atoms with Crippen molar-refractivity contribution in [2.75, 3.05) is 7.11 Å². The maximum atomic E-state index is 6.24. The van der Waals surface area contributed by atoms with Crippen LogP contribution in [0.5, 0.6) is 11.5 Å². The Kier molecular flexibility index (Phi) is 3.23. The molecule has 4 rings (SSSR count). The topological polar surface area (TPSA) is 30.5 Å². The normalized spacial score (nSPS) is 27.8. The van der Waals surface area contributed by atoms with Crippen LogP contribution in [0.3, 0.4) is 0 Å². The van der Waals surface area contributed by atoms with E-state index in [1.54, 1.807) is 7.11 Å². The molecule has 2 saturated heterocycles. The van der Waals surface area contributed by atoms with Gasteiger partial charge in [-0.3, -0.25) is 0 Å². The quantitative estimate of drug-likeness (QED) is 0.935. The molecule has 2 aliphatic heterocycles. The molecule has 2 fully saturated rings. The summed E-state index contributed by atoms with van der Waals surface area (Å²) in [5.41, 5.74) is 0. The zero-order chi connectivity index (χ0) is 14.2. The van der Waals surface area contributed by atoms with Gasteiger partial charge in [0.05, 0.1) is 7.11 Å². The van der Waals surface area contributed by atoms with Crippen LogP contribution in [0.15, 0.2) is 36.4 Å². The number of hydrogen-bond acceptors (Lipinski definition) is 3. The van der Waals surface area contributed by atoms with E-state index in [2.05, 4.69) is 35.6 Å². The lowest BCUT2D eigenvalue weighted by Crippen LogP contribution is -2.42. The van der Waals surface area contributed by atoms with Crippen molar-refractivity contribution in [2.45, 2.75) is 43.9 Å². The van der Waals surface area contributed by atoms with E-state index < -0.39 is 0 Å². The molecule has 0 radical (unpaired) electrons. The SMILES string of the molecule is COc1ccc2ccc(OC3C[C@H]4CC[C@@H](C3)N4)cc2c1. The van der Waals surface area contributed by atoms with E-state index in [4.69, 9.17) is 9.47 Å². The molecule has 0 spiro atoms. The van der Waals surface area contributed by atoms with Crippen molar-refractivity contribution in [1.82, 2.24) is 5.32 Å². The Morgan fingerprint density at radius 3 is 2.29 bits per heavy atom. The smallest absolute Gasteiger partial charge is 0.120 e. The lowest BCUT2D eigenvalue weighted by molar-refractivity contribution is 0.137. The molecule has 2 aromatic rings. The van der Waals surface area contributed by atoms with Gasteiger partial charge < -0.3 is 14.8 Å². The Bertz CT molecular complexity index is 643. The summed E-state index contributed by atoms with van der Waals surface area (Å²) < 4.78 is 11.5. The molecule has 1 N–H and O–H groups in total. The zero-order valence-corrected chi connectivity index (χ0v) is 12.3. The molecule has 0 amide bonds. The summed E-state index contributed by atoms with van der Waals surface area (Å²) in [4.78, 5) is 0. The molecular formula is C18H21NO2. The highest BCUT2D eigenvalue weighted by Crippen LogP contribution is 2.31. The van der Waals surface area contributed by atoms with Crippen molar-refractivity contribution in [3.8, 4) is 11.5 Å². The minimum absolute atomic E-state index is 0.354. The van der Waals surface area contributed by atoms with Crippen molar-refractivity contribution < 1.29 is 9.47 Å². The van der Waals surface area contributed by atoms with Crippen LogP contribution in [0.1, 0.15) is 25.7 Å². The number of nitrogens with one attached hydrogen (secondary N) is 1. The van der Waals surface area contributed by atoms with Gasteiger partial charge in [-0.05, 0) is 60.7 Å². The van der Waals surface area contributed by atoms with Gasteiger partial charge in [0, 0.05) is 12.1 Å². The van der Waals surface area contributed by atoms with E-state index in [9.17, 15) is 0 Å². The van der Waals surface area contributed by atoms with Crippen LogP contribution in [0, 0.1) is 0 Å². The van der Waals surface area contributed by atoms with Crippen molar-refractivity contribution in [2.24, 2.45) is 0 Å². The van der Waals surface area contributed by atoms with Crippen LogP contribution in [0.2, 0.25) is 0 Å². The molecule has 3 nitrogen and oxygen atoms in total. The number of benzene rings is 2. The fourth-order valence-corrected chi connectivity index (χ4v) is 3.70. The first kappa shape index (κ1) is 13.0. The van der Waals surface area contributed by atoms with Gasteiger partial charge in [-0.1, -0.05) is 12.1 Å². The van der Waals surface area contributed by atoms with Gasteiger partial charge in [-0.2, -0.15) is 0 Å². The molecular weight excluding hydrogens is 262 g/mol. The van der Waals surface area contributed by atoms with Crippen LogP contribution in [0.25, 0.3) is 10.8 Å². The van der Waals surface area contributed by atoms with Gasteiger partial charge in [-0.25, -0.2) is 0 Å². The summed E-state index contributed by atoms with van der Waals surface area (Å²) in [7, 11) is 1.70. The van der Waals surface area contributed by atoms with Gasteiger partial charge >= 0.3 is 0 Å². The molecule has 2 aromatic carbocycles. The second-order valence-electron chi connectivity index (χ2n) is 6.22. The first-order valence-corrected chi connectivity index (χ1v) is 7.81. The van der Waals surface area contributed by atoms with Crippen LogP contribution in [-0.2, 0) is 0 Å². The molecule has 0 aliphatic carbocycles. The number of rotatable bonds is 3. The largest absolute Gasteiger partial charge is 0.497 e. The molecule has 0 saturated carbocycles. The van der Waals surface area contributed by atoms with Crippen LogP contribution in [0.4, 0.5) is 0 Å². The van der Waals surface area contributed by atoms with Crippen LogP contribution in [-0.4, -0.2) is 25.3 Å². The van der Waals surface area contributed by atoms with Gasteiger partial charge in [0.25, 0.3) is 0 Å². The second-order valence-corrected chi connectivity index (χ2v) is 6.22. The standard InChI is InChI=1S/C18H21NO2/c1-20-16-6-2-12-3-7-17(9-13(12)8-16)21-18-10-14-4-5-15(11-18)19-14/h2-3,6-9,14-15,18-19H,4-5,10-11H2,1H3/t14-,15+,18?. The average Bonchev–Trinajstić information content (AvgIpc) is 2.85. The summed E-state index contributed by atoms with van der Waals surface area (Å²) in [6.45, 7) is 0. The van der Waals surface area contributed by atoms with E-state index in [-0.39, 0.29) is 0 Å². The molecule has 2 heterocycles. The molecule has 3 atom stereocenters. The molecule has 21 heavy (non-hydrogen) atoms. The number of piperidine rings is 1. The summed E-state index contributed by atoms with van der Waals surface area (Å²) in [6, 6.07) is 13.8. The molecule has 1 unspecified atom stereocenters. The fraction of sp³-hybridized carbons (Fsp3) is 0.444. The fourth-order valence-electron chi connectivity index (χ4n) is 3.70. The maximum Gasteiger partial charge on any atom is 0.120 e. The van der Waals surface area contributed by atoms with Crippen molar-refractivity contribution >= 4 is 10.8 Å². The monoisotopic (exact) mass is 283 g/mol. The van der Waals surface area contributed by atoms with Gasteiger partial charge in [0.15, 0.2) is 0 Å². The van der Waals surface area contributed by atoms with E-state index in [1.807, 2.05) is 6.07 Å². The summed E-state index contributed by atoms with van der Waals surface area (Å²) in [6.07, 6.45) is 5.23. The third-order valence-electron chi connectivity index (χ3n) is 4.75.